The van der Waals surface area contributed by atoms with E-state index in [1.165, 1.54) is 20.5 Å². The Morgan fingerprint density at radius 2 is 1.88 bits per heavy atom. The Morgan fingerprint density at radius 3 is 2.44 bits per heavy atom. The third-order valence-electron chi connectivity index (χ3n) is 3.88. The minimum absolute atomic E-state index is 0.0962. The number of anilines is 1. The standard InChI is InChI=1S/C17H24N4O4/c1-6-7-11(17(22)18-2)21-16-10-8-12(23-3)14(24-4)15(25-5)13(10)19-9-20-16/h8-9,11H,6-7H2,1-5H3,(H,18,22)(H,19,20,21). The molecular weight excluding hydrogens is 324 g/mol. The van der Waals surface area contributed by atoms with Gasteiger partial charge in [0.2, 0.25) is 11.7 Å². The number of fused-ring (bicyclic) bond motifs is 1. The first-order chi connectivity index (χ1) is 12.1. The fourth-order valence-corrected chi connectivity index (χ4v) is 2.68. The molecule has 136 valence electrons. The van der Waals surface area contributed by atoms with E-state index < -0.39 is 6.04 Å². The summed E-state index contributed by atoms with van der Waals surface area (Å²) in [6, 6.07) is 1.37. The van der Waals surface area contributed by atoms with Crippen molar-refractivity contribution in [2.45, 2.75) is 25.8 Å². The Bertz CT molecular complexity index is 751. The lowest BCUT2D eigenvalue weighted by Crippen LogP contribution is -2.37. The molecule has 0 spiro atoms. The Hall–Kier alpha value is -2.77. The molecule has 0 aliphatic rings. The number of ether oxygens (including phenoxy) is 3. The van der Waals surface area contributed by atoms with Crippen LogP contribution in [0.2, 0.25) is 0 Å². The number of methoxy groups -OCH3 is 3. The predicted molar refractivity (Wildman–Crippen MR) is 95.6 cm³/mol. The number of hydrogen-bond donors (Lipinski definition) is 2. The zero-order chi connectivity index (χ0) is 18.4. The van der Waals surface area contributed by atoms with Gasteiger partial charge in [0.1, 0.15) is 23.7 Å². The van der Waals surface area contributed by atoms with Gasteiger partial charge in [0.15, 0.2) is 11.5 Å². The summed E-state index contributed by atoms with van der Waals surface area (Å²) in [6.07, 6.45) is 2.95. The maximum atomic E-state index is 12.1. The van der Waals surface area contributed by atoms with Crippen molar-refractivity contribution >= 4 is 22.6 Å². The molecule has 8 nitrogen and oxygen atoms in total. The Balaban J connectivity index is 2.59. The summed E-state index contributed by atoms with van der Waals surface area (Å²) >= 11 is 0. The molecule has 1 atom stereocenters. The molecule has 1 aromatic heterocycles. The fourth-order valence-electron chi connectivity index (χ4n) is 2.68. The van der Waals surface area contributed by atoms with Gasteiger partial charge in [-0.2, -0.15) is 0 Å². The SMILES string of the molecule is CCCC(Nc1ncnc2c(OC)c(OC)c(OC)cc12)C(=O)NC. The number of carbonyl (C=O) groups excluding carboxylic acids is 1. The topological polar surface area (TPSA) is 94.6 Å². The quantitative estimate of drug-likeness (QED) is 0.753. The van der Waals surface area contributed by atoms with Gasteiger partial charge in [-0.1, -0.05) is 13.3 Å². The second-order valence-corrected chi connectivity index (χ2v) is 5.36. The molecule has 1 amide bonds. The lowest BCUT2D eigenvalue weighted by molar-refractivity contribution is -0.121. The first-order valence-corrected chi connectivity index (χ1v) is 8.02. The van der Waals surface area contributed by atoms with E-state index in [2.05, 4.69) is 20.6 Å². The van der Waals surface area contributed by atoms with E-state index in [9.17, 15) is 4.79 Å². The van der Waals surface area contributed by atoms with Crippen LogP contribution in [0.4, 0.5) is 5.82 Å². The summed E-state index contributed by atoms with van der Waals surface area (Å²) < 4.78 is 16.2. The minimum Gasteiger partial charge on any atom is -0.493 e. The summed E-state index contributed by atoms with van der Waals surface area (Å²) in [4.78, 5) is 20.7. The lowest BCUT2D eigenvalue weighted by atomic mass is 10.1. The highest BCUT2D eigenvalue weighted by atomic mass is 16.5. The molecule has 8 heteroatoms. The fraction of sp³-hybridized carbons (Fsp3) is 0.471. The van der Waals surface area contributed by atoms with Crippen LogP contribution in [0, 0.1) is 0 Å². The molecule has 0 aliphatic carbocycles. The van der Waals surface area contributed by atoms with E-state index in [-0.39, 0.29) is 5.91 Å². The highest BCUT2D eigenvalue weighted by Gasteiger charge is 2.22. The van der Waals surface area contributed by atoms with Crippen LogP contribution in [-0.4, -0.2) is 50.3 Å². The van der Waals surface area contributed by atoms with Crippen LogP contribution in [-0.2, 0) is 4.79 Å². The summed E-state index contributed by atoms with van der Waals surface area (Å²) in [5.74, 6) is 1.84. The molecule has 25 heavy (non-hydrogen) atoms. The molecule has 2 aromatic rings. The zero-order valence-electron chi connectivity index (χ0n) is 15.2. The Labute approximate surface area is 146 Å². The van der Waals surface area contributed by atoms with Gasteiger partial charge in [-0.05, 0) is 12.5 Å². The molecule has 1 heterocycles. The molecule has 2 rings (SSSR count). The maximum Gasteiger partial charge on any atom is 0.242 e. The van der Waals surface area contributed by atoms with Crippen LogP contribution < -0.4 is 24.8 Å². The largest absolute Gasteiger partial charge is 0.493 e. The van der Waals surface area contributed by atoms with Crippen molar-refractivity contribution in [1.82, 2.24) is 15.3 Å². The lowest BCUT2D eigenvalue weighted by Gasteiger charge is -2.19. The van der Waals surface area contributed by atoms with Crippen molar-refractivity contribution in [3.8, 4) is 17.2 Å². The minimum atomic E-state index is -0.396. The van der Waals surface area contributed by atoms with Gasteiger partial charge >= 0.3 is 0 Å². The van der Waals surface area contributed by atoms with Gasteiger partial charge in [-0.3, -0.25) is 4.79 Å². The number of nitrogens with one attached hydrogen (secondary N) is 2. The molecule has 0 radical (unpaired) electrons. The van der Waals surface area contributed by atoms with Crippen LogP contribution >= 0.6 is 0 Å². The van der Waals surface area contributed by atoms with Crippen LogP contribution in [0.1, 0.15) is 19.8 Å². The monoisotopic (exact) mass is 348 g/mol. The molecule has 0 saturated heterocycles. The summed E-state index contributed by atoms with van der Waals surface area (Å²) in [5.41, 5.74) is 0.574. The van der Waals surface area contributed by atoms with Gasteiger partial charge < -0.3 is 24.8 Å². The average Bonchev–Trinajstić information content (AvgIpc) is 2.65. The third-order valence-corrected chi connectivity index (χ3v) is 3.88. The van der Waals surface area contributed by atoms with Crippen molar-refractivity contribution < 1.29 is 19.0 Å². The number of nitrogens with zero attached hydrogens (tertiary/aromatic N) is 2. The van der Waals surface area contributed by atoms with Crippen molar-refractivity contribution in [1.29, 1.82) is 0 Å². The Morgan fingerprint density at radius 1 is 1.16 bits per heavy atom. The van der Waals surface area contributed by atoms with Crippen molar-refractivity contribution in [3.63, 3.8) is 0 Å². The molecular formula is C17H24N4O4. The second kappa shape index (κ2) is 8.36. The number of likely N-dealkylation sites (N-methyl/N-ethyl adjacent to an activating group) is 1. The number of rotatable bonds is 8. The zero-order valence-corrected chi connectivity index (χ0v) is 15.2. The number of aromatic nitrogens is 2. The van der Waals surface area contributed by atoms with Gasteiger partial charge in [-0.15, -0.1) is 0 Å². The normalized spacial score (nSPS) is 11.7. The van der Waals surface area contributed by atoms with Gasteiger partial charge in [0, 0.05) is 7.05 Å². The molecule has 0 fully saturated rings. The van der Waals surface area contributed by atoms with Crippen LogP contribution in [0.3, 0.4) is 0 Å². The number of benzene rings is 1. The van der Waals surface area contributed by atoms with Gasteiger partial charge in [0.25, 0.3) is 0 Å². The molecule has 1 unspecified atom stereocenters. The van der Waals surface area contributed by atoms with Gasteiger partial charge in [0.05, 0.1) is 26.7 Å². The van der Waals surface area contributed by atoms with E-state index in [1.54, 1.807) is 20.2 Å². The average molecular weight is 348 g/mol. The highest BCUT2D eigenvalue weighted by Crippen LogP contribution is 2.43. The van der Waals surface area contributed by atoms with Gasteiger partial charge in [-0.25, -0.2) is 9.97 Å². The first kappa shape index (κ1) is 18.6. The Kier molecular flexibility index (Phi) is 6.21. The second-order valence-electron chi connectivity index (χ2n) is 5.36. The van der Waals surface area contributed by atoms with E-state index in [0.29, 0.717) is 40.4 Å². The smallest absolute Gasteiger partial charge is 0.242 e. The maximum absolute atomic E-state index is 12.1. The van der Waals surface area contributed by atoms with Crippen molar-refractivity contribution in [2.24, 2.45) is 0 Å². The van der Waals surface area contributed by atoms with Crippen molar-refractivity contribution in [3.05, 3.63) is 12.4 Å². The first-order valence-electron chi connectivity index (χ1n) is 8.02. The predicted octanol–water partition coefficient (Wildman–Crippen LogP) is 1.98. The van der Waals surface area contributed by atoms with E-state index in [4.69, 9.17) is 14.2 Å². The molecule has 2 N–H and O–H groups in total. The summed E-state index contributed by atoms with van der Waals surface area (Å²) in [7, 11) is 6.23. The molecule has 0 bridgehead atoms. The van der Waals surface area contributed by atoms with E-state index >= 15 is 0 Å². The van der Waals surface area contributed by atoms with Crippen molar-refractivity contribution in [2.75, 3.05) is 33.7 Å². The van der Waals surface area contributed by atoms with Crippen LogP contribution in [0.25, 0.3) is 10.9 Å². The van der Waals surface area contributed by atoms with Crippen LogP contribution in [0.5, 0.6) is 17.2 Å². The summed E-state index contributed by atoms with van der Waals surface area (Å²) in [6.45, 7) is 2.02. The number of amides is 1. The number of hydrogen-bond acceptors (Lipinski definition) is 7. The molecule has 0 saturated carbocycles. The van der Waals surface area contributed by atoms with Crippen LogP contribution in [0.15, 0.2) is 12.4 Å². The summed E-state index contributed by atoms with van der Waals surface area (Å²) in [5, 5.41) is 6.55. The van der Waals surface area contributed by atoms with E-state index in [1.807, 2.05) is 6.92 Å². The molecule has 0 aliphatic heterocycles. The number of carbonyl (C=O) groups is 1. The highest BCUT2D eigenvalue weighted by molar-refractivity contribution is 5.98. The molecule has 1 aromatic carbocycles. The third kappa shape index (κ3) is 3.67. The van der Waals surface area contributed by atoms with E-state index in [0.717, 1.165) is 6.42 Å².